The van der Waals surface area contributed by atoms with Gasteiger partial charge in [-0.25, -0.2) is 0 Å². The molecule has 0 aromatic heterocycles. The Labute approximate surface area is 110 Å². The fraction of sp³-hybridized carbons (Fsp3) is 0.824. The molecule has 0 bridgehead atoms. The maximum Gasteiger partial charge on any atom is -0.0351 e. The second kappa shape index (κ2) is 15.7. The van der Waals surface area contributed by atoms with Crippen molar-refractivity contribution in [3.05, 3.63) is 19.1 Å². The van der Waals surface area contributed by atoms with Crippen LogP contribution in [0, 0.1) is 6.92 Å². The summed E-state index contributed by atoms with van der Waals surface area (Å²) in [5.74, 6) is 0. The van der Waals surface area contributed by atoms with Gasteiger partial charge in [0.25, 0.3) is 0 Å². The van der Waals surface area contributed by atoms with Crippen LogP contribution in [0.1, 0.15) is 90.4 Å². The minimum Gasteiger partial charge on any atom is -0.0885 e. The smallest absolute Gasteiger partial charge is 0.0351 e. The van der Waals surface area contributed by atoms with E-state index >= 15 is 0 Å². The van der Waals surface area contributed by atoms with E-state index in [4.69, 9.17) is 0 Å². The van der Waals surface area contributed by atoms with Crippen LogP contribution < -0.4 is 0 Å². The third-order valence-corrected chi connectivity index (χ3v) is 3.24. The van der Waals surface area contributed by atoms with E-state index in [1.165, 1.54) is 77.0 Å². The standard InChI is InChI=1S/C17H33/c1-3-5-7-9-11-13-15-17-16-14-12-10-8-6-4-2/h8,10H,1,3-7,9,11-17H2,2H3. The van der Waals surface area contributed by atoms with Crippen LogP contribution in [-0.2, 0) is 0 Å². The van der Waals surface area contributed by atoms with Crippen LogP contribution in [0.5, 0.6) is 0 Å². The highest BCUT2D eigenvalue weighted by Crippen LogP contribution is 2.11. The van der Waals surface area contributed by atoms with Crippen molar-refractivity contribution < 1.29 is 0 Å². The summed E-state index contributed by atoms with van der Waals surface area (Å²) >= 11 is 0. The monoisotopic (exact) mass is 237 g/mol. The molecule has 0 saturated heterocycles. The molecule has 101 valence electrons. The highest BCUT2D eigenvalue weighted by atomic mass is 14.0. The fourth-order valence-corrected chi connectivity index (χ4v) is 2.08. The lowest BCUT2D eigenvalue weighted by Crippen LogP contribution is -1.81. The maximum absolute atomic E-state index is 3.87. The van der Waals surface area contributed by atoms with Crippen molar-refractivity contribution in [2.45, 2.75) is 90.4 Å². The van der Waals surface area contributed by atoms with Crippen LogP contribution >= 0.6 is 0 Å². The topological polar surface area (TPSA) is 0 Å². The van der Waals surface area contributed by atoms with E-state index < -0.39 is 0 Å². The molecule has 0 aromatic carbocycles. The molecule has 0 rings (SSSR count). The van der Waals surface area contributed by atoms with E-state index in [1.54, 1.807) is 0 Å². The minimum atomic E-state index is 1.12. The second-order valence-electron chi connectivity index (χ2n) is 5.08. The van der Waals surface area contributed by atoms with Crippen molar-refractivity contribution in [3.8, 4) is 0 Å². The number of hydrogen-bond acceptors (Lipinski definition) is 0. The second-order valence-corrected chi connectivity index (χ2v) is 5.08. The summed E-state index contributed by atoms with van der Waals surface area (Å²) in [6, 6.07) is 0. The molecule has 0 N–H and O–H groups in total. The molecule has 0 aliphatic carbocycles. The lowest BCUT2D eigenvalue weighted by atomic mass is 10.1. The molecular formula is C17H33. The van der Waals surface area contributed by atoms with Gasteiger partial charge in [0, 0.05) is 0 Å². The SMILES string of the molecule is [CH2]CCCCCCCCCCCC=CCCC. The zero-order chi connectivity index (χ0) is 12.6. The predicted octanol–water partition coefficient (Wildman–Crippen LogP) is 6.47. The molecule has 0 nitrogen and oxygen atoms in total. The molecule has 0 aliphatic rings. The third-order valence-electron chi connectivity index (χ3n) is 3.24. The maximum atomic E-state index is 3.87. The Balaban J connectivity index is 2.94. The molecule has 0 heterocycles. The fourth-order valence-electron chi connectivity index (χ4n) is 2.08. The Hall–Kier alpha value is -0.260. The summed E-state index contributed by atoms with van der Waals surface area (Å²) in [7, 11) is 0. The number of rotatable bonds is 13. The third kappa shape index (κ3) is 15.7. The van der Waals surface area contributed by atoms with Gasteiger partial charge in [-0.2, -0.15) is 0 Å². The molecule has 0 fully saturated rings. The predicted molar refractivity (Wildman–Crippen MR) is 80.2 cm³/mol. The first kappa shape index (κ1) is 16.7. The van der Waals surface area contributed by atoms with Crippen LogP contribution in [-0.4, -0.2) is 0 Å². The first-order chi connectivity index (χ1) is 8.41. The first-order valence-electron chi connectivity index (χ1n) is 7.86. The average molecular weight is 237 g/mol. The molecule has 0 unspecified atom stereocenters. The van der Waals surface area contributed by atoms with Gasteiger partial charge >= 0.3 is 0 Å². The Morgan fingerprint density at radius 3 is 1.65 bits per heavy atom. The molecule has 1 radical (unpaired) electrons. The summed E-state index contributed by atoms with van der Waals surface area (Å²) in [5.41, 5.74) is 0. The largest absolute Gasteiger partial charge is 0.0885 e. The lowest BCUT2D eigenvalue weighted by Gasteiger charge is -2.01. The quantitative estimate of drug-likeness (QED) is 0.254. The molecule has 0 aliphatic heterocycles. The van der Waals surface area contributed by atoms with E-state index in [0.29, 0.717) is 0 Å². The van der Waals surface area contributed by atoms with Gasteiger partial charge in [-0.05, 0) is 19.3 Å². The van der Waals surface area contributed by atoms with Gasteiger partial charge in [-0.3, -0.25) is 0 Å². The molecule has 0 aromatic rings. The molecule has 0 heteroatoms. The van der Waals surface area contributed by atoms with Crippen LogP contribution in [0.2, 0.25) is 0 Å². The Bertz CT molecular complexity index is 146. The van der Waals surface area contributed by atoms with Crippen molar-refractivity contribution in [2.75, 3.05) is 0 Å². The summed E-state index contributed by atoms with van der Waals surface area (Å²) < 4.78 is 0. The summed E-state index contributed by atoms with van der Waals surface area (Å²) in [6.45, 7) is 6.11. The van der Waals surface area contributed by atoms with Gasteiger partial charge < -0.3 is 0 Å². The number of unbranched alkanes of at least 4 members (excludes halogenated alkanes) is 11. The van der Waals surface area contributed by atoms with Gasteiger partial charge in [-0.15, -0.1) is 0 Å². The van der Waals surface area contributed by atoms with Crippen molar-refractivity contribution in [1.29, 1.82) is 0 Å². The summed E-state index contributed by atoms with van der Waals surface area (Å²) in [4.78, 5) is 0. The Morgan fingerprint density at radius 2 is 1.12 bits per heavy atom. The van der Waals surface area contributed by atoms with Crippen LogP contribution in [0.25, 0.3) is 0 Å². The zero-order valence-corrected chi connectivity index (χ0v) is 12.1. The summed E-state index contributed by atoms with van der Waals surface area (Å²) in [6.07, 6.45) is 22.4. The zero-order valence-electron chi connectivity index (χ0n) is 12.1. The average Bonchev–Trinajstić information content (AvgIpc) is 2.35. The number of allylic oxidation sites excluding steroid dienone is 2. The van der Waals surface area contributed by atoms with Crippen LogP contribution in [0.3, 0.4) is 0 Å². The van der Waals surface area contributed by atoms with Crippen LogP contribution in [0.4, 0.5) is 0 Å². The van der Waals surface area contributed by atoms with Crippen molar-refractivity contribution >= 4 is 0 Å². The van der Waals surface area contributed by atoms with E-state index in [-0.39, 0.29) is 0 Å². The first-order valence-corrected chi connectivity index (χ1v) is 7.86. The highest BCUT2D eigenvalue weighted by Gasteiger charge is 1.91. The number of hydrogen-bond donors (Lipinski definition) is 0. The molecule has 0 amide bonds. The van der Waals surface area contributed by atoms with Crippen molar-refractivity contribution in [3.63, 3.8) is 0 Å². The van der Waals surface area contributed by atoms with E-state index in [9.17, 15) is 0 Å². The molecular weight excluding hydrogens is 204 g/mol. The van der Waals surface area contributed by atoms with Gasteiger partial charge in [0.15, 0.2) is 0 Å². The van der Waals surface area contributed by atoms with Gasteiger partial charge in [0.1, 0.15) is 0 Å². The minimum absolute atomic E-state index is 1.12. The molecule has 0 atom stereocenters. The van der Waals surface area contributed by atoms with E-state index in [1.807, 2.05) is 0 Å². The van der Waals surface area contributed by atoms with E-state index in [2.05, 4.69) is 26.0 Å². The van der Waals surface area contributed by atoms with E-state index in [0.717, 1.165) is 6.42 Å². The van der Waals surface area contributed by atoms with Crippen molar-refractivity contribution in [1.82, 2.24) is 0 Å². The van der Waals surface area contributed by atoms with Gasteiger partial charge in [0.05, 0.1) is 0 Å². The summed E-state index contributed by atoms with van der Waals surface area (Å²) in [5, 5.41) is 0. The van der Waals surface area contributed by atoms with Gasteiger partial charge in [-0.1, -0.05) is 90.2 Å². The normalized spacial score (nSPS) is 11.4. The van der Waals surface area contributed by atoms with Crippen LogP contribution in [0.15, 0.2) is 12.2 Å². The highest BCUT2D eigenvalue weighted by molar-refractivity contribution is 4.80. The Morgan fingerprint density at radius 1 is 0.647 bits per heavy atom. The Kier molecular flexibility index (Phi) is 15.5. The van der Waals surface area contributed by atoms with Crippen molar-refractivity contribution in [2.24, 2.45) is 0 Å². The van der Waals surface area contributed by atoms with Gasteiger partial charge in [0.2, 0.25) is 0 Å². The molecule has 0 saturated carbocycles. The lowest BCUT2D eigenvalue weighted by molar-refractivity contribution is 0.561. The molecule has 17 heavy (non-hydrogen) atoms. The molecule has 0 spiro atoms.